The maximum atomic E-state index is 12.8. The van der Waals surface area contributed by atoms with Crippen LogP contribution in [0.5, 0.6) is 5.75 Å². The summed E-state index contributed by atoms with van der Waals surface area (Å²) in [6, 6.07) is 8.14. The molecule has 0 saturated carbocycles. The number of sulfonamides is 1. The quantitative estimate of drug-likeness (QED) is 0.720. The minimum Gasteiger partial charge on any atom is -0.489 e. The number of likely N-dealkylation sites (tertiary alicyclic amines) is 1. The van der Waals surface area contributed by atoms with Crippen LogP contribution < -0.4 is 14.8 Å². The van der Waals surface area contributed by atoms with Gasteiger partial charge in [-0.25, -0.2) is 8.42 Å². The van der Waals surface area contributed by atoms with Gasteiger partial charge in [0, 0.05) is 18.8 Å². The van der Waals surface area contributed by atoms with Crippen LogP contribution in [-0.4, -0.2) is 46.6 Å². The second-order valence-electron chi connectivity index (χ2n) is 7.50. The number of nitrogens with zero attached hydrogens (tertiary/aromatic N) is 2. The Morgan fingerprint density at radius 3 is 2.40 bits per heavy atom. The van der Waals surface area contributed by atoms with Gasteiger partial charge in [0.1, 0.15) is 12.4 Å². The molecule has 2 aliphatic rings. The second-order valence-corrected chi connectivity index (χ2v) is 9.37. The molecule has 4 rings (SSSR count). The van der Waals surface area contributed by atoms with Crippen molar-refractivity contribution < 1.29 is 26.3 Å². The van der Waals surface area contributed by atoms with Crippen LogP contribution in [0.4, 0.5) is 24.5 Å². The Labute approximate surface area is 174 Å². The minimum atomic E-state index is -4.63. The van der Waals surface area contributed by atoms with Crippen molar-refractivity contribution in [2.75, 3.05) is 43.3 Å². The molecule has 0 bridgehead atoms. The number of anilines is 2. The molecule has 10 heteroatoms. The first kappa shape index (κ1) is 22.2. The van der Waals surface area contributed by atoms with E-state index in [2.05, 4.69) is 18.9 Å². The number of ether oxygens (including phenoxy) is 1. The molecule has 6 nitrogen and oxygen atoms in total. The van der Waals surface area contributed by atoms with Crippen molar-refractivity contribution in [1.29, 1.82) is 0 Å². The van der Waals surface area contributed by atoms with Crippen LogP contribution in [0.2, 0.25) is 0 Å². The number of nitrogen functional groups attached to an aromatic ring is 1. The number of fused-ring (bicyclic) bond motifs is 1. The summed E-state index contributed by atoms with van der Waals surface area (Å²) < 4.78 is 70.5. The second kappa shape index (κ2) is 8.35. The van der Waals surface area contributed by atoms with Crippen molar-refractivity contribution >= 4 is 21.4 Å². The van der Waals surface area contributed by atoms with Crippen molar-refractivity contribution in [2.24, 2.45) is 5.92 Å². The van der Waals surface area contributed by atoms with Crippen LogP contribution in [-0.2, 0) is 16.2 Å². The predicted molar refractivity (Wildman–Crippen MR) is 109 cm³/mol. The Morgan fingerprint density at radius 2 is 1.83 bits per heavy atom. The fourth-order valence-corrected chi connectivity index (χ4v) is 4.93. The highest BCUT2D eigenvalue weighted by Gasteiger charge is 2.34. The fraction of sp³-hybridized carbons (Fsp3) is 0.400. The standard InChI is InChI=1S/C15H13F3N2O3S.C5H11N/c16-15(17,18)10-2-1-3-12(8-10)24(21,22)20-6-7-23-14-5-4-11(19)9-13(14)20;1-5-3-6(2)4-5/h1-5,8-9H,6-7,19H2;5H,3-4H2,1-2H3. The molecule has 2 heterocycles. The van der Waals surface area contributed by atoms with Gasteiger partial charge in [-0.3, -0.25) is 4.31 Å². The van der Waals surface area contributed by atoms with E-state index in [4.69, 9.17) is 10.5 Å². The summed E-state index contributed by atoms with van der Waals surface area (Å²) in [5.41, 5.74) is 5.19. The molecule has 2 aromatic carbocycles. The zero-order chi connectivity index (χ0) is 22.1. The van der Waals surface area contributed by atoms with E-state index in [1.807, 2.05) is 0 Å². The Morgan fingerprint density at radius 1 is 1.13 bits per heavy atom. The molecular formula is C20H24F3N3O3S. The van der Waals surface area contributed by atoms with Crippen LogP contribution in [0.15, 0.2) is 47.4 Å². The van der Waals surface area contributed by atoms with Crippen molar-refractivity contribution in [3.8, 4) is 5.75 Å². The third-order valence-electron chi connectivity index (χ3n) is 4.80. The molecule has 0 radical (unpaired) electrons. The van der Waals surface area contributed by atoms with Crippen LogP contribution in [0.1, 0.15) is 12.5 Å². The van der Waals surface area contributed by atoms with Crippen molar-refractivity contribution in [1.82, 2.24) is 4.90 Å². The van der Waals surface area contributed by atoms with Gasteiger partial charge in [-0.15, -0.1) is 0 Å². The van der Waals surface area contributed by atoms with Crippen molar-refractivity contribution in [3.05, 3.63) is 48.0 Å². The fourth-order valence-electron chi connectivity index (χ4n) is 3.43. The van der Waals surface area contributed by atoms with Crippen LogP contribution in [0.25, 0.3) is 0 Å². The summed E-state index contributed by atoms with van der Waals surface area (Å²) in [4.78, 5) is 1.89. The molecule has 0 spiro atoms. The zero-order valence-corrected chi connectivity index (χ0v) is 17.5. The van der Waals surface area contributed by atoms with E-state index in [0.717, 1.165) is 28.4 Å². The number of hydrogen-bond acceptors (Lipinski definition) is 5. The highest BCUT2D eigenvalue weighted by molar-refractivity contribution is 7.92. The lowest BCUT2D eigenvalue weighted by Crippen LogP contribution is -2.41. The molecular weight excluding hydrogens is 419 g/mol. The van der Waals surface area contributed by atoms with E-state index in [-0.39, 0.29) is 18.8 Å². The van der Waals surface area contributed by atoms with Gasteiger partial charge in [0.05, 0.1) is 22.7 Å². The molecule has 0 atom stereocenters. The van der Waals surface area contributed by atoms with Gasteiger partial charge in [0.2, 0.25) is 0 Å². The summed E-state index contributed by atoms with van der Waals surface area (Å²) in [6.45, 7) is 4.96. The molecule has 0 amide bonds. The lowest BCUT2D eigenvalue weighted by Gasteiger charge is -2.33. The van der Waals surface area contributed by atoms with Gasteiger partial charge in [0.25, 0.3) is 10.0 Å². The Hall–Kier alpha value is -2.46. The number of rotatable bonds is 2. The summed E-state index contributed by atoms with van der Waals surface area (Å²) >= 11 is 0. The molecule has 1 fully saturated rings. The van der Waals surface area contributed by atoms with E-state index in [1.165, 1.54) is 25.2 Å². The molecule has 0 unspecified atom stereocenters. The highest BCUT2D eigenvalue weighted by atomic mass is 32.2. The molecule has 0 aliphatic carbocycles. The van der Waals surface area contributed by atoms with Gasteiger partial charge < -0.3 is 15.4 Å². The average Bonchev–Trinajstić information content (AvgIpc) is 2.66. The first-order chi connectivity index (χ1) is 14.0. The lowest BCUT2D eigenvalue weighted by molar-refractivity contribution is -0.137. The summed E-state index contributed by atoms with van der Waals surface area (Å²) in [5, 5.41) is 0. The normalized spacial score (nSPS) is 17.3. The SMILES string of the molecule is CC1CN(C)C1.Nc1ccc2c(c1)N(S(=O)(=O)c1cccc(C(F)(F)F)c1)CCO2. The lowest BCUT2D eigenvalue weighted by atomic mass is 10.1. The molecule has 2 N–H and O–H groups in total. The smallest absolute Gasteiger partial charge is 0.416 e. The number of halogens is 3. The summed E-state index contributed by atoms with van der Waals surface area (Å²) in [7, 11) is -2.02. The molecule has 2 aromatic rings. The largest absolute Gasteiger partial charge is 0.489 e. The zero-order valence-electron chi connectivity index (χ0n) is 16.7. The van der Waals surface area contributed by atoms with Crippen LogP contribution in [0.3, 0.4) is 0 Å². The number of alkyl halides is 3. The topological polar surface area (TPSA) is 75.9 Å². The van der Waals surface area contributed by atoms with Gasteiger partial charge in [-0.1, -0.05) is 13.0 Å². The van der Waals surface area contributed by atoms with E-state index in [0.29, 0.717) is 17.5 Å². The van der Waals surface area contributed by atoms with Crippen molar-refractivity contribution in [2.45, 2.75) is 18.0 Å². The predicted octanol–water partition coefficient (Wildman–Crippen LogP) is 3.44. The first-order valence-corrected chi connectivity index (χ1v) is 10.8. The summed E-state index contributed by atoms with van der Waals surface area (Å²) in [6.07, 6.45) is -4.63. The minimum absolute atomic E-state index is 0.0188. The Balaban J connectivity index is 0.000000367. The molecule has 0 aromatic heterocycles. The van der Waals surface area contributed by atoms with Crippen LogP contribution >= 0.6 is 0 Å². The molecule has 1 saturated heterocycles. The first-order valence-electron chi connectivity index (χ1n) is 9.39. The number of nitrogens with two attached hydrogens (primary N) is 1. The third-order valence-corrected chi connectivity index (χ3v) is 6.61. The number of benzene rings is 2. The monoisotopic (exact) mass is 443 g/mol. The van der Waals surface area contributed by atoms with E-state index >= 15 is 0 Å². The van der Waals surface area contributed by atoms with Gasteiger partial charge >= 0.3 is 6.18 Å². The van der Waals surface area contributed by atoms with Gasteiger partial charge in [0.15, 0.2) is 0 Å². The van der Waals surface area contributed by atoms with Crippen molar-refractivity contribution in [3.63, 3.8) is 0 Å². The maximum Gasteiger partial charge on any atom is 0.416 e. The Kier molecular flexibility index (Phi) is 6.19. The number of hydrogen-bond donors (Lipinski definition) is 1. The van der Waals surface area contributed by atoms with E-state index in [9.17, 15) is 21.6 Å². The third kappa shape index (κ3) is 4.81. The highest BCUT2D eigenvalue weighted by Crippen LogP contribution is 2.37. The van der Waals surface area contributed by atoms with E-state index < -0.39 is 26.7 Å². The maximum absolute atomic E-state index is 12.8. The van der Waals surface area contributed by atoms with E-state index in [1.54, 1.807) is 6.07 Å². The summed E-state index contributed by atoms with van der Waals surface area (Å²) in [5.74, 6) is 1.28. The van der Waals surface area contributed by atoms with Gasteiger partial charge in [-0.2, -0.15) is 13.2 Å². The Bertz CT molecular complexity index is 1000. The molecule has 30 heavy (non-hydrogen) atoms. The molecule has 164 valence electrons. The average molecular weight is 443 g/mol. The van der Waals surface area contributed by atoms with Gasteiger partial charge in [-0.05, 0) is 49.4 Å². The van der Waals surface area contributed by atoms with Crippen LogP contribution in [0, 0.1) is 5.92 Å². The molecule has 2 aliphatic heterocycles.